The molecule has 4 heteroatoms. The van der Waals surface area contributed by atoms with Crippen LogP contribution in [-0.4, -0.2) is 47.0 Å². The SMILES string of the molecule is Clc1ccc(CN2CCCN3CCC[C@@H]3C2)c2ncccc12. The molecule has 2 aromatic rings. The van der Waals surface area contributed by atoms with E-state index in [0.29, 0.717) is 0 Å². The minimum absolute atomic E-state index is 0.758. The van der Waals surface area contributed by atoms with E-state index in [2.05, 4.69) is 26.9 Å². The molecule has 3 nitrogen and oxygen atoms in total. The molecular weight excluding hydrogens is 294 g/mol. The fourth-order valence-electron chi connectivity index (χ4n) is 3.99. The number of rotatable bonds is 2. The Morgan fingerprint density at radius 2 is 2.05 bits per heavy atom. The van der Waals surface area contributed by atoms with Gasteiger partial charge in [0.15, 0.2) is 0 Å². The zero-order chi connectivity index (χ0) is 14.9. The second-order valence-electron chi connectivity index (χ2n) is 6.53. The molecule has 0 amide bonds. The number of aromatic nitrogens is 1. The molecule has 0 unspecified atom stereocenters. The van der Waals surface area contributed by atoms with E-state index in [1.54, 1.807) is 0 Å². The third-order valence-corrected chi connectivity index (χ3v) is 5.41. The van der Waals surface area contributed by atoms with Gasteiger partial charge in [-0.3, -0.25) is 14.8 Å². The summed E-state index contributed by atoms with van der Waals surface area (Å²) in [5.74, 6) is 0. The molecule has 1 atom stereocenters. The van der Waals surface area contributed by atoms with Crippen molar-refractivity contribution in [3.05, 3.63) is 41.0 Å². The van der Waals surface area contributed by atoms with E-state index in [0.717, 1.165) is 28.5 Å². The Morgan fingerprint density at radius 1 is 1.14 bits per heavy atom. The smallest absolute Gasteiger partial charge is 0.0761 e. The first-order valence-electron chi connectivity index (χ1n) is 8.30. The fourth-order valence-corrected chi connectivity index (χ4v) is 4.21. The number of nitrogens with zero attached hydrogens (tertiary/aromatic N) is 3. The maximum absolute atomic E-state index is 6.31. The maximum atomic E-state index is 6.31. The van der Waals surface area contributed by atoms with Gasteiger partial charge < -0.3 is 0 Å². The topological polar surface area (TPSA) is 19.4 Å². The van der Waals surface area contributed by atoms with Crippen molar-refractivity contribution < 1.29 is 0 Å². The number of halogens is 1. The molecule has 116 valence electrons. The number of fused-ring (bicyclic) bond motifs is 2. The Labute approximate surface area is 136 Å². The van der Waals surface area contributed by atoms with E-state index >= 15 is 0 Å². The van der Waals surface area contributed by atoms with E-state index in [4.69, 9.17) is 11.6 Å². The molecule has 0 N–H and O–H groups in total. The standard InChI is InChI=1S/C18H22ClN3/c19-17-7-6-14(18-16(17)5-1-8-20-18)12-21-9-3-11-22-10-2-4-15(22)13-21/h1,5-8,15H,2-4,9-13H2/t15-/m1/s1. The summed E-state index contributed by atoms with van der Waals surface area (Å²) in [5, 5.41) is 1.86. The van der Waals surface area contributed by atoms with Gasteiger partial charge in [-0.05, 0) is 62.7 Å². The lowest BCUT2D eigenvalue weighted by atomic mass is 10.1. The summed E-state index contributed by atoms with van der Waals surface area (Å²) in [6, 6.07) is 8.94. The molecule has 2 aliphatic rings. The van der Waals surface area contributed by atoms with Crippen molar-refractivity contribution in [3.63, 3.8) is 0 Å². The Kier molecular flexibility index (Phi) is 4.03. The Hall–Kier alpha value is -1.16. The lowest BCUT2D eigenvalue weighted by molar-refractivity contribution is 0.216. The van der Waals surface area contributed by atoms with Crippen LogP contribution in [0.3, 0.4) is 0 Å². The van der Waals surface area contributed by atoms with E-state index in [1.165, 1.54) is 51.0 Å². The highest BCUT2D eigenvalue weighted by atomic mass is 35.5. The van der Waals surface area contributed by atoms with Crippen LogP contribution in [0.5, 0.6) is 0 Å². The molecule has 1 aromatic carbocycles. The second kappa shape index (κ2) is 6.15. The van der Waals surface area contributed by atoms with Crippen LogP contribution in [-0.2, 0) is 6.54 Å². The summed E-state index contributed by atoms with van der Waals surface area (Å²) >= 11 is 6.31. The molecule has 0 saturated carbocycles. The van der Waals surface area contributed by atoms with Crippen LogP contribution in [0.1, 0.15) is 24.8 Å². The van der Waals surface area contributed by atoms with Crippen LogP contribution in [0, 0.1) is 0 Å². The van der Waals surface area contributed by atoms with Crippen molar-refractivity contribution in [2.75, 3.05) is 26.2 Å². The molecule has 2 fully saturated rings. The van der Waals surface area contributed by atoms with Crippen molar-refractivity contribution in [1.82, 2.24) is 14.8 Å². The highest BCUT2D eigenvalue weighted by Gasteiger charge is 2.28. The minimum Gasteiger partial charge on any atom is -0.299 e. The van der Waals surface area contributed by atoms with Gasteiger partial charge in [0.1, 0.15) is 0 Å². The van der Waals surface area contributed by atoms with Crippen LogP contribution < -0.4 is 0 Å². The zero-order valence-electron chi connectivity index (χ0n) is 12.8. The molecule has 0 bridgehead atoms. The number of hydrogen-bond donors (Lipinski definition) is 0. The van der Waals surface area contributed by atoms with Crippen LogP contribution in [0.15, 0.2) is 30.5 Å². The molecule has 1 aromatic heterocycles. The Balaban J connectivity index is 1.59. The highest BCUT2D eigenvalue weighted by Crippen LogP contribution is 2.27. The summed E-state index contributed by atoms with van der Waals surface area (Å²) in [6.45, 7) is 5.92. The maximum Gasteiger partial charge on any atom is 0.0761 e. The first kappa shape index (κ1) is 14.4. The zero-order valence-corrected chi connectivity index (χ0v) is 13.6. The molecular formula is C18H22ClN3. The summed E-state index contributed by atoms with van der Waals surface area (Å²) in [6.07, 6.45) is 5.86. The predicted molar refractivity (Wildman–Crippen MR) is 91.2 cm³/mol. The number of hydrogen-bond acceptors (Lipinski definition) is 3. The normalized spacial score (nSPS) is 23.6. The third-order valence-electron chi connectivity index (χ3n) is 5.08. The third kappa shape index (κ3) is 2.73. The highest BCUT2D eigenvalue weighted by molar-refractivity contribution is 6.35. The average molecular weight is 316 g/mol. The van der Waals surface area contributed by atoms with Crippen LogP contribution in [0.2, 0.25) is 5.02 Å². The molecule has 22 heavy (non-hydrogen) atoms. The van der Waals surface area contributed by atoms with Crippen LogP contribution in [0.25, 0.3) is 10.9 Å². The Morgan fingerprint density at radius 3 is 3.00 bits per heavy atom. The van der Waals surface area contributed by atoms with Crippen LogP contribution >= 0.6 is 11.6 Å². The van der Waals surface area contributed by atoms with Gasteiger partial charge in [-0.15, -0.1) is 0 Å². The summed E-state index contributed by atoms with van der Waals surface area (Å²) in [5.41, 5.74) is 2.36. The van der Waals surface area contributed by atoms with Gasteiger partial charge >= 0.3 is 0 Å². The van der Waals surface area contributed by atoms with Gasteiger partial charge in [-0.1, -0.05) is 17.7 Å². The van der Waals surface area contributed by atoms with Gasteiger partial charge in [-0.2, -0.15) is 0 Å². The summed E-state index contributed by atoms with van der Waals surface area (Å²) in [7, 11) is 0. The first-order chi connectivity index (χ1) is 10.8. The number of pyridine rings is 1. The van der Waals surface area contributed by atoms with E-state index < -0.39 is 0 Å². The van der Waals surface area contributed by atoms with E-state index in [1.807, 2.05) is 18.3 Å². The van der Waals surface area contributed by atoms with Crippen molar-refractivity contribution in [2.45, 2.75) is 31.8 Å². The monoisotopic (exact) mass is 315 g/mol. The van der Waals surface area contributed by atoms with Crippen molar-refractivity contribution in [2.24, 2.45) is 0 Å². The van der Waals surface area contributed by atoms with Gasteiger partial charge in [-0.25, -0.2) is 0 Å². The molecule has 2 saturated heterocycles. The van der Waals surface area contributed by atoms with Gasteiger partial charge in [0, 0.05) is 35.7 Å². The van der Waals surface area contributed by atoms with E-state index in [9.17, 15) is 0 Å². The molecule has 0 radical (unpaired) electrons. The molecule has 0 spiro atoms. The van der Waals surface area contributed by atoms with Crippen molar-refractivity contribution in [1.29, 1.82) is 0 Å². The molecule has 3 heterocycles. The number of benzene rings is 1. The van der Waals surface area contributed by atoms with Gasteiger partial charge in [0.25, 0.3) is 0 Å². The van der Waals surface area contributed by atoms with Crippen LogP contribution in [0.4, 0.5) is 0 Å². The second-order valence-corrected chi connectivity index (χ2v) is 6.93. The summed E-state index contributed by atoms with van der Waals surface area (Å²) in [4.78, 5) is 9.86. The van der Waals surface area contributed by atoms with Crippen molar-refractivity contribution >= 4 is 22.5 Å². The van der Waals surface area contributed by atoms with Gasteiger partial charge in [0.2, 0.25) is 0 Å². The molecule has 4 rings (SSSR count). The lowest BCUT2D eigenvalue weighted by Crippen LogP contribution is -2.36. The van der Waals surface area contributed by atoms with E-state index in [-0.39, 0.29) is 0 Å². The predicted octanol–water partition coefficient (Wildman–Crippen LogP) is 3.56. The fraction of sp³-hybridized carbons (Fsp3) is 0.500. The molecule has 2 aliphatic heterocycles. The molecule has 0 aliphatic carbocycles. The quantitative estimate of drug-likeness (QED) is 0.844. The van der Waals surface area contributed by atoms with Crippen molar-refractivity contribution in [3.8, 4) is 0 Å². The first-order valence-corrected chi connectivity index (χ1v) is 8.67. The van der Waals surface area contributed by atoms with Gasteiger partial charge in [0.05, 0.1) is 5.52 Å². The largest absolute Gasteiger partial charge is 0.299 e. The Bertz CT molecular complexity index is 672. The summed E-state index contributed by atoms with van der Waals surface area (Å²) < 4.78 is 0. The average Bonchev–Trinajstić information content (AvgIpc) is 2.89. The lowest BCUT2D eigenvalue weighted by Gasteiger charge is -2.25. The minimum atomic E-state index is 0.758.